The molecule has 0 atom stereocenters. The van der Waals surface area contributed by atoms with Crippen molar-refractivity contribution in [2.45, 2.75) is 6.42 Å². The average Bonchev–Trinajstić information content (AvgIpc) is 3.32. The van der Waals surface area contributed by atoms with Gasteiger partial charge in [-0.2, -0.15) is 4.68 Å². The SMILES string of the molecule is Cn1nc(-c2ccc(F)c(-c3ccc(C(=O)Cc4c(F)cccc4F)s3)c2)oc1=O. The fraction of sp³-hybridized carbons (Fsp3) is 0.0952. The summed E-state index contributed by atoms with van der Waals surface area (Å²) in [4.78, 5) is 24.7. The zero-order chi connectivity index (χ0) is 21.4. The zero-order valence-corrected chi connectivity index (χ0v) is 16.3. The van der Waals surface area contributed by atoms with Crippen molar-refractivity contribution in [3.05, 3.63) is 87.0 Å². The Morgan fingerprint density at radius 1 is 1.07 bits per heavy atom. The predicted octanol–water partition coefficient (Wildman–Crippen LogP) is 4.61. The summed E-state index contributed by atoms with van der Waals surface area (Å²) in [6.07, 6.45) is -0.444. The second kappa shape index (κ2) is 7.75. The van der Waals surface area contributed by atoms with Gasteiger partial charge in [-0.25, -0.2) is 18.0 Å². The van der Waals surface area contributed by atoms with Crippen molar-refractivity contribution in [1.29, 1.82) is 0 Å². The standard InChI is InChI=1S/C21H13F3N2O3S/c1-26-21(28)29-20(25-26)11-5-6-16(24)13(9-11)18-7-8-19(30-18)17(27)10-12-14(22)3-2-4-15(12)23/h2-9H,10H2,1H3. The van der Waals surface area contributed by atoms with Crippen LogP contribution in [0.3, 0.4) is 0 Å². The molecule has 9 heteroatoms. The van der Waals surface area contributed by atoms with Crippen LogP contribution in [0.25, 0.3) is 21.9 Å². The number of hydrogen-bond donors (Lipinski definition) is 0. The third kappa shape index (κ3) is 3.71. The first kappa shape index (κ1) is 19.8. The monoisotopic (exact) mass is 430 g/mol. The van der Waals surface area contributed by atoms with Gasteiger partial charge in [0.15, 0.2) is 5.78 Å². The van der Waals surface area contributed by atoms with Crippen molar-refractivity contribution in [3.63, 3.8) is 0 Å². The molecule has 2 aromatic heterocycles. The van der Waals surface area contributed by atoms with Crippen LogP contribution in [0, 0.1) is 17.5 Å². The number of thiophene rings is 1. The lowest BCUT2D eigenvalue weighted by Gasteiger charge is -2.04. The Balaban J connectivity index is 1.64. The largest absolute Gasteiger partial charge is 0.437 e. The number of halogens is 3. The van der Waals surface area contributed by atoms with E-state index in [0.717, 1.165) is 28.2 Å². The molecule has 2 aromatic carbocycles. The number of carbonyl (C=O) groups is 1. The molecule has 0 unspecified atom stereocenters. The lowest BCUT2D eigenvalue weighted by molar-refractivity contribution is 0.0994. The zero-order valence-electron chi connectivity index (χ0n) is 15.5. The van der Waals surface area contributed by atoms with Crippen LogP contribution in [-0.2, 0) is 13.5 Å². The summed E-state index contributed by atoms with van der Waals surface area (Å²) in [6.45, 7) is 0. The van der Waals surface area contributed by atoms with E-state index in [4.69, 9.17) is 4.42 Å². The Morgan fingerprint density at radius 3 is 2.47 bits per heavy atom. The molecule has 30 heavy (non-hydrogen) atoms. The van der Waals surface area contributed by atoms with Gasteiger partial charge in [0.25, 0.3) is 0 Å². The predicted molar refractivity (Wildman–Crippen MR) is 105 cm³/mol. The highest BCUT2D eigenvalue weighted by Crippen LogP contribution is 2.33. The maximum Gasteiger partial charge on any atom is 0.437 e. The second-order valence-corrected chi connectivity index (χ2v) is 7.54. The summed E-state index contributed by atoms with van der Waals surface area (Å²) in [7, 11) is 1.43. The van der Waals surface area contributed by atoms with Gasteiger partial charge >= 0.3 is 5.76 Å². The minimum Gasteiger partial charge on any atom is -0.388 e. The molecule has 0 amide bonds. The van der Waals surface area contributed by atoms with Crippen molar-refractivity contribution in [3.8, 4) is 21.9 Å². The van der Waals surface area contributed by atoms with Crippen molar-refractivity contribution in [1.82, 2.24) is 9.78 Å². The van der Waals surface area contributed by atoms with E-state index in [9.17, 15) is 22.8 Å². The van der Waals surface area contributed by atoms with Crippen molar-refractivity contribution >= 4 is 17.1 Å². The highest BCUT2D eigenvalue weighted by molar-refractivity contribution is 7.17. The molecule has 0 bridgehead atoms. The Labute approximate surface area is 172 Å². The minimum absolute atomic E-state index is 0.0339. The first-order valence-corrected chi connectivity index (χ1v) is 9.55. The Kier molecular flexibility index (Phi) is 5.13. The molecule has 0 aliphatic carbocycles. The van der Waals surface area contributed by atoms with Crippen molar-refractivity contribution in [2.75, 3.05) is 0 Å². The van der Waals surface area contributed by atoms with E-state index in [0.29, 0.717) is 10.4 Å². The number of aryl methyl sites for hydroxylation is 1. The van der Waals surface area contributed by atoms with Gasteiger partial charge in [-0.1, -0.05) is 6.07 Å². The molecular formula is C21H13F3N2O3S. The topological polar surface area (TPSA) is 65.1 Å². The molecule has 0 fully saturated rings. The molecule has 0 N–H and O–H groups in total. The number of hydrogen-bond acceptors (Lipinski definition) is 5. The third-order valence-corrected chi connectivity index (χ3v) is 5.61. The van der Waals surface area contributed by atoms with Gasteiger partial charge in [-0.05, 0) is 42.5 Å². The molecule has 2 heterocycles. The molecule has 0 radical (unpaired) electrons. The van der Waals surface area contributed by atoms with Crippen molar-refractivity contribution in [2.24, 2.45) is 7.05 Å². The summed E-state index contributed by atoms with van der Waals surface area (Å²) in [6, 6.07) is 10.5. The van der Waals surface area contributed by atoms with Gasteiger partial charge in [0.05, 0.1) is 4.88 Å². The van der Waals surface area contributed by atoms with Crippen LogP contribution in [0.5, 0.6) is 0 Å². The lowest BCUT2D eigenvalue weighted by atomic mass is 10.1. The highest BCUT2D eigenvalue weighted by atomic mass is 32.1. The first-order chi connectivity index (χ1) is 14.3. The van der Waals surface area contributed by atoms with E-state index in [1.54, 1.807) is 6.07 Å². The third-order valence-electron chi connectivity index (χ3n) is 4.45. The number of benzene rings is 2. The average molecular weight is 430 g/mol. The number of ketones is 1. The van der Waals surface area contributed by atoms with Crippen LogP contribution in [0.15, 0.2) is 57.7 Å². The Bertz CT molecular complexity index is 1300. The molecule has 0 saturated heterocycles. The quantitative estimate of drug-likeness (QED) is 0.434. The minimum atomic E-state index is -0.796. The number of rotatable bonds is 5. The van der Waals surface area contributed by atoms with E-state index in [2.05, 4.69) is 5.10 Å². The van der Waals surface area contributed by atoms with Gasteiger partial charge in [0, 0.05) is 35.0 Å². The number of nitrogens with zero attached hydrogens (tertiary/aromatic N) is 2. The van der Waals surface area contributed by atoms with Gasteiger partial charge in [-0.15, -0.1) is 16.4 Å². The molecule has 4 aromatic rings. The van der Waals surface area contributed by atoms with Gasteiger partial charge < -0.3 is 4.42 Å². The molecular weight excluding hydrogens is 417 g/mol. The van der Waals surface area contributed by atoms with E-state index in [-0.39, 0.29) is 21.9 Å². The maximum absolute atomic E-state index is 14.4. The van der Waals surface area contributed by atoms with E-state index in [1.165, 1.54) is 37.4 Å². The fourth-order valence-electron chi connectivity index (χ4n) is 2.89. The molecule has 0 spiro atoms. The van der Waals surface area contributed by atoms with Crippen LogP contribution >= 0.6 is 11.3 Å². The first-order valence-electron chi connectivity index (χ1n) is 8.74. The van der Waals surface area contributed by atoms with Crippen LogP contribution in [0.2, 0.25) is 0 Å². The molecule has 5 nitrogen and oxygen atoms in total. The molecule has 4 rings (SSSR count). The van der Waals surface area contributed by atoms with Gasteiger partial charge in [0.2, 0.25) is 5.89 Å². The van der Waals surface area contributed by atoms with Crippen LogP contribution in [-0.4, -0.2) is 15.6 Å². The van der Waals surface area contributed by atoms with Crippen LogP contribution in [0.1, 0.15) is 15.2 Å². The Morgan fingerprint density at radius 2 is 1.80 bits per heavy atom. The van der Waals surface area contributed by atoms with Crippen LogP contribution < -0.4 is 5.76 Å². The smallest absolute Gasteiger partial charge is 0.388 e. The molecule has 0 aliphatic rings. The Hall–Kier alpha value is -3.46. The number of carbonyl (C=O) groups excluding carboxylic acids is 1. The van der Waals surface area contributed by atoms with Gasteiger partial charge in [0.1, 0.15) is 17.5 Å². The summed E-state index contributed by atoms with van der Waals surface area (Å²) in [5.41, 5.74) is 0.261. The second-order valence-electron chi connectivity index (χ2n) is 6.46. The van der Waals surface area contributed by atoms with Gasteiger partial charge in [-0.3, -0.25) is 4.79 Å². The number of Topliss-reactive ketones (excluding diaryl/α,β-unsaturated/α-hetero) is 1. The summed E-state index contributed by atoms with van der Waals surface area (Å²) in [5.74, 6) is -3.24. The molecule has 0 saturated carbocycles. The normalized spacial score (nSPS) is 11.1. The fourth-order valence-corrected chi connectivity index (χ4v) is 3.85. The van der Waals surface area contributed by atoms with Crippen LogP contribution in [0.4, 0.5) is 13.2 Å². The van der Waals surface area contributed by atoms with E-state index in [1.807, 2.05) is 0 Å². The van der Waals surface area contributed by atoms with E-state index < -0.39 is 35.4 Å². The molecule has 0 aliphatic heterocycles. The lowest BCUT2D eigenvalue weighted by Crippen LogP contribution is -2.09. The molecule has 152 valence electrons. The number of aromatic nitrogens is 2. The highest BCUT2D eigenvalue weighted by Gasteiger charge is 2.18. The summed E-state index contributed by atoms with van der Waals surface area (Å²) in [5, 5.41) is 3.93. The summed E-state index contributed by atoms with van der Waals surface area (Å²) >= 11 is 0.999. The summed E-state index contributed by atoms with van der Waals surface area (Å²) < 4.78 is 48.1. The van der Waals surface area contributed by atoms with Crippen molar-refractivity contribution < 1.29 is 22.4 Å². The van der Waals surface area contributed by atoms with E-state index >= 15 is 0 Å². The maximum atomic E-state index is 14.4.